The summed E-state index contributed by atoms with van der Waals surface area (Å²) in [5, 5.41) is 12.4. The minimum atomic E-state index is -0.293. The molecule has 7 nitrogen and oxygen atoms in total. The van der Waals surface area contributed by atoms with Gasteiger partial charge in [-0.15, -0.1) is 0 Å². The average molecular weight is 477 g/mol. The molecule has 2 aromatic carbocycles. The van der Waals surface area contributed by atoms with E-state index in [-0.39, 0.29) is 11.7 Å². The Balaban J connectivity index is 1.43. The molecule has 8 heteroatoms. The molecule has 0 unspecified atom stereocenters. The lowest BCUT2D eigenvalue weighted by Crippen LogP contribution is -2.09. The number of carbonyl (C=O) groups is 1. The molecular weight excluding hydrogens is 455 g/mol. The molecule has 0 saturated heterocycles. The van der Waals surface area contributed by atoms with E-state index in [2.05, 4.69) is 30.5 Å². The van der Waals surface area contributed by atoms with Crippen LogP contribution < -0.4 is 5.32 Å². The molecule has 0 aliphatic heterocycles. The van der Waals surface area contributed by atoms with Crippen LogP contribution in [0.4, 0.5) is 10.1 Å². The number of hydrogen-bond acceptors (Lipinski definition) is 4. The molecule has 36 heavy (non-hydrogen) atoms. The maximum atomic E-state index is 13.9. The topological polar surface area (TPSA) is 99.3 Å². The second-order valence-corrected chi connectivity index (χ2v) is 8.54. The van der Waals surface area contributed by atoms with Crippen molar-refractivity contribution in [1.29, 1.82) is 0 Å². The van der Waals surface area contributed by atoms with Crippen molar-refractivity contribution >= 4 is 33.4 Å². The smallest absolute Gasteiger partial charge is 0.224 e. The second kappa shape index (κ2) is 8.74. The van der Waals surface area contributed by atoms with Crippen molar-refractivity contribution in [3.63, 3.8) is 0 Å². The van der Waals surface area contributed by atoms with Crippen molar-refractivity contribution in [2.75, 3.05) is 5.32 Å². The number of carbonyl (C=O) groups excluding carboxylic acids is 1. The van der Waals surface area contributed by atoms with Crippen LogP contribution in [0.15, 0.2) is 79.4 Å². The molecule has 0 atom stereocenters. The Labute approximate surface area is 205 Å². The Hall–Kier alpha value is -4.85. The molecule has 6 rings (SSSR count). The molecule has 0 spiro atoms. The molecule has 0 aliphatic rings. The van der Waals surface area contributed by atoms with Crippen LogP contribution in [0.3, 0.4) is 0 Å². The van der Waals surface area contributed by atoms with Gasteiger partial charge in [0.15, 0.2) is 0 Å². The van der Waals surface area contributed by atoms with Crippen LogP contribution in [0.1, 0.15) is 13.3 Å². The Bertz CT molecular complexity index is 1750. The summed E-state index contributed by atoms with van der Waals surface area (Å²) in [6.45, 7) is 1.81. The number of nitrogens with zero attached hydrogens (tertiary/aromatic N) is 3. The van der Waals surface area contributed by atoms with Gasteiger partial charge in [-0.2, -0.15) is 5.10 Å². The highest BCUT2D eigenvalue weighted by Gasteiger charge is 2.15. The molecule has 0 radical (unpaired) electrons. The van der Waals surface area contributed by atoms with Gasteiger partial charge in [0.1, 0.15) is 11.5 Å². The van der Waals surface area contributed by atoms with Gasteiger partial charge in [-0.1, -0.05) is 25.1 Å². The number of H-pyrrole nitrogens is 2. The van der Waals surface area contributed by atoms with Crippen molar-refractivity contribution in [2.24, 2.45) is 0 Å². The molecule has 4 heterocycles. The quantitative estimate of drug-likeness (QED) is 0.271. The monoisotopic (exact) mass is 476 g/mol. The van der Waals surface area contributed by atoms with Crippen LogP contribution in [0.5, 0.6) is 0 Å². The van der Waals surface area contributed by atoms with Gasteiger partial charge in [-0.05, 0) is 47.5 Å². The largest absolute Gasteiger partial charge is 0.352 e. The molecule has 6 aromatic rings. The predicted octanol–water partition coefficient (Wildman–Crippen LogP) is 6.32. The molecule has 1 amide bonds. The summed E-state index contributed by atoms with van der Waals surface area (Å²) in [7, 11) is 0. The molecule has 4 aromatic heterocycles. The number of fused-ring (bicyclic) bond motifs is 2. The summed E-state index contributed by atoms with van der Waals surface area (Å²) in [6.07, 6.45) is 7.29. The summed E-state index contributed by atoms with van der Waals surface area (Å²) in [5.41, 5.74) is 7.39. The van der Waals surface area contributed by atoms with Crippen LogP contribution in [0.2, 0.25) is 0 Å². The summed E-state index contributed by atoms with van der Waals surface area (Å²) in [4.78, 5) is 23.8. The van der Waals surface area contributed by atoms with Crippen molar-refractivity contribution in [3.05, 3.63) is 85.2 Å². The van der Waals surface area contributed by atoms with Crippen LogP contribution >= 0.6 is 0 Å². The van der Waals surface area contributed by atoms with Gasteiger partial charge in [0, 0.05) is 40.7 Å². The lowest BCUT2D eigenvalue weighted by molar-refractivity contribution is -0.115. The standard InChI is InChI=1S/C28H21FN6O/c1-2-27(36)32-20-9-18(12-30-13-20)16-6-7-24-22(10-16)28(35-34-24)25-11-21-23(14-31-15-26(21)33-25)17-4-3-5-19(29)8-17/h3-15,33H,2H2,1H3,(H,32,36)(H,34,35). The third-order valence-corrected chi connectivity index (χ3v) is 6.18. The van der Waals surface area contributed by atoms with Crippen LogP contribution in [0, 0.1) is 5.82 Å². The van der Waals surface area contributed by atoms with Gasteiger partial charge in [-0.25, -0.2) is 4.39 Å². The third kappa shape index (κ3) is 3.88. The molecule has 0 fully saturated rings. The maximum absolute atomic E-state index is 13.9. The SMILES string of the molecule is CCC(=O)Nc1cncc(-c2ccc3[nH]nc(-c4cc5c(-c6cccc(F)c6)cncc5[nH]4)c3c2)c1. The molecule has 0 aliphatic carbocycles. The normalized spacial score (nSPS) is 11.3. The first-order chi connectivity index (χ1) is 17.6. The number of anilines is 1. The van der Waals surface area contributed by atoms with Gasteiger partial charge < -0.3 is 10.3 Å². The summed E-state index contributed by atoms with van der Waals surface area (Å²) in [5.74, 6) is -0.355. The molecule has 176 valence electrons. The van der Waals surface area contributed by atoms with E-state index in [1.807, 2.05) is 43.3 Å². The van der Waals surface area contributed by atoms with Gasteiger partial charge in [0.2, 0.25) is 5.91 Å². The number of aromatic nitrogens is 5. The fourth-order valence-corrected chi connectivity index (χ4v) is 4.38. The first kappa shape index (κ1) is 21.7. The number of hydrogen-bond donors (Lipinski definition) is 3. The van der Waals surface area contributed by atoms with E-state index in [0.717, 1.165) is 55.4 Å². The highest BCUT2D eigenvalue weighted by Crippen LogP contribution is 2.35. The van der Waals surface area contributed by atoms with E-state index in [1.54, 1.807) is 30.9 Å². The zero-order chi connectivity index (χ0) is 24.6. The predicted molar refractivity (Wildman–Crippen MR) is 139 cm³/mol. The van der Waals surface area contributed by atoms with Crippen molar-refractivity contribution < 1.29 is 9.18 Å². The van der Waals surface area contributed by atoms with E-state index < -0.39 is 0 Å². The van der Waals surface area contributed by atoms with Gasteiger partial charge in [0.25, 0.3) is 0 Å². The highest BCUT2D eigenvalue weighted by atomic mass is 19.1. The van der Waals surface area contributed by atoms with Gasteiger partial charge >= 0.3 is 0 Å². The van der Waals surface area contributed by atoms with E-state index >= 15 is 0 Å². The van der Waals surface area contributed by atoms with Crippen molar-refractivity contribution in [2.45, 2.75) is 13.3 Å². The van der Waals surface area contributed by atoms with Gasteiger partial charge in [-0.3, -0.25) is 19.9 Å². The molecule has 0 bridgehead atoms. The Morgan fingerprint density at radius 3 is 2.64 bits per heavy atom. The number of nitrogens with one attached hydrogen (secondary N) is 3. The summed E-state index contributed by atoms with van der Waals surface area (Å²) >= 11 is 0. The van der Waals surface area contributed by atoms with E-state index in [9.17, 15) is 9.18 Å². The summed E-state index contributed by atoms with van der Waals surface area (Å²) in [6, 6.07) is 16.4. The third-order valence-electron chi connectivity index (χ3n) is 6.18. The van der Waals surface area contributed by atoms with Crippen LogP contribution in [-0.2, 0) is 4.79 Å². The fraction of sp³-hybridized carbons (Fsp3) is 0.0714. The number of rotatable bonds is 5. The molecule has 3 N–H and O–H groups in total. The first-order valence-electron chi connectivity index (χ1n) is 11.6. The number of aromatic amines is 2. The van der Waals surface area contributed by atoms with Crippen LogP contribution in [0.25, 0.3) is 55.4 Å². The molecule has 0 saturated carbocycles. The Kier molecular flexibility index (Phi) is 5.26. The number of amides is 1. The fourth-order valence-electron chi connectivity index (χ4n) is 4.38. The van der Waals surface area contributed by atoms with Crippen LogP contribution in [-0.4, -0.2) is 31.1 Å². The number of pyridine rings is 2. The lowest BCUT2D eigenvalue weighted by Gasteiger charge is -2.06. The zero-order valence-corrected chi connectivity index (χ0v) is 19.3. The van der Waals surface area contributed by atoms with Gasteiger partial charge in [0.05, 0.1) is 34.8 Å². The Morgan fingerprint density at radius 2 is 1.78 bits per heavy atom. The lowest BCUT2D eigenvalue weighted by atomic mass is 10.0. The number of halogens is 1. The van der Waals surface area contributed by atoms with E-state index in [0.29, 0.717) is 12.1 Å². The zero-order valence-electron chi connectivity index (χ0n) is 19.3. The minimum absolute atomic E-state index is 0.0626. The maximum Gasteiger partial charge on any atom is 0.224 e. The highest BCUT2D eigenvalue weighted by molar-refractivity contribution is 6.01. The Morgan fingerprint density at radius 1 is 0.889 bits per heavy atom. The van der Waals surface area contributed by atoms with Crippen molar-refractivity contribution in [1.82, 2.24) is 25.1 Å². The first-order valence-corrected chi connectivity index (χ1v) is 11.6. The van der Waals surface area contributed by atoms with E-state index in [1.165, 1.54) is 12.1 Å². The van der Waals surface area contributed by atoms with E-state index in [4.69, 9.17) is 0 Å². The minimum Gasteiger partial charge on any atom is -0.352 e. The molecular formula is C28H21FN6O. The average Bonchev–Trinajstić information content (AvgIpc) is 3.52. The summed E-state index contributed by atoms with van der Waals surface area (Å²) < 4.78 is 13.9. The number of benzene rings is 2. The van der Waals surface area contributed by atoms with Crippen molar-refractivity contribution in [3.8, 4) is 33.6 Å². The second-order valence-electron chi connectivity index (χ2n) is 8.54.